The minimum Gasteiger partial charge on any atom is -0.375 e. The lowest BCUT2D eigenvalue weighted by Gasteiger charge is -2.43. The van der Waals surface area contributed by atoms with Gasteiger partial charge >= 0.3 is 0 Å². The maximum absolute atomic E-state index is 6.30. The van der Waals surface area contributed by atoms with Gasteiger partial charge in [-0.15, -0.1) is 0 Å². The summed E-state index contributed by atoms with van der Waals surface area (Å²) in [7, 11) is 0. The molecule has 0 saturated heterocycles. The van der Waals surface area contributed by atoms with Crippen LogP contribution in [0.2, 0.25) is 0 Å². The third-order valence-electron chi connectivity index (χ3n) is 7.65. The van der Waals surface area contributed by atoms with Crippen molar-refractivity contribution in [3.05, 3.63) is 0 Å². The Balaban J connectivity index is 1.65. The fraction of sp³-hybridized carbons (Fsp3) is 1.00. The van der Waals surface area contributed by atoms with Crippen molar-refractivity contribution in [1.82, 2.24) is 0 Å². The molecule has 26 heavy (non-hydrogen) atoms. The van der Waals surface area contributed by atoms with Gasteiger partial charge in [-0.3, -0.25) is 0 Å². The largest absolute Gasteiger partial charge is 0.375 e. The van der Waals surface area contributed by atoms with Gasteiger partial charge in [-0.25, -0.2) is 0 Å². The molecule has 0 spiro atoms. The van der Waals surface area contributed by atoms with Crippen LogP contribution in [0.4, 0.5) is 0 Å². The van der Waals surface area contributed by atoms with E-state index in [0.29, 0.717) is 0 Å². The molecule has 2 saturated carbocycles. The maximum Gasteiger partial charge on any atom is 0.0682 e. The second-order valence-electron chi connectivity index (χ2n) is 9.54. The van der Waals surface area contributed by atoms with Gasteiger partial charge < -0.3 is 4.74 Å². The molecular formula is C25H48O. The van der Waals surface area contributed by atoms with Gasteiger partial charge in [0, 0.05) is 6.61 Å². The third kappa shape index (κ3) is 7.17. The van der Waals surface area contributed by atoms with Crippen LogP contribution in [0.15, 0.2) is 0 Å². The molecule has 0 bridgehead atoms. The van der Waals surface area contributed by atoms with Crippen molar-refractivity contribution >= 4 is 0 Å². The first-order valence-corrected chi connectivity index (χ1v) is 12.4. The number of hydrogen-bond acceptors (Lipinski definition) is 1. The van der Waals surface area contributed by atoms with E-state index in [1.807, 2.05) is 0 Å². The average Bonchev–Trinajstić information content (AvgIpc) is 2.68. The van der Waals surface area contributed by atoms with Crippen molar-refractivity contribution in [2.45, 2.75) is 136 Å². The van der Waals surface area contributed by atoms with Crippen LogP contribution >= 0.6 is 0 Å². The molecule has 0 heterocycles. The highest BCUT2D eigenvalue weighted by Gasteiger charge is 2.38. The quantitative estimate of drug-likeness (QED) is 0.316. The third-order valence-corrected chi connectivity index (χ3v) is 7.65. The normalized spacial score (nSPS) is 32.7. The first kappa shape index (κ1) is 22.3. The second-order valence-corrected chi connectivity index (χ2v) is 9.54. The Morgan fingerprint density at radius 1 is 0.692 bits per heavy atom. The van der Waals surface area contributed by atoms with Crippen molar-refractivity contribution in [1.29, 1.82) is 0 Å². The number of unbranched alkanes of at least 4 members (excludes halogenated alkanes) is 5. The minimum atomic E-state index is 0.247. The summed E-state index contributed by atoms with van der Waals surface area (Å²) in [6.45, 7) is 7.71. The summed E-state index contributed by atoms with van der Waals surface area (Å²) in [6.07, 6.45) is 24.4. The summed E-state index contributed by atoms with van der Waals surface area (Å²) in [6, 6.07) is 0. The summed E-state index contributed by atoms with van der Waals surface area (Å²) in [4.78, 5) is 0. The van der Waals surface area contributed by atoms with Gasteiger partial charge in [-0.2, -0.15) is 0 Å². The molecule has 2 aliphatic rings. The molecule has 0 aliphatic heterocycles. The topological polar surface area (TPSA) is 9.23 Å². The molecule has 0 N–H and O–H groups in total. The van der Waals surface area contributed by atoms with Crippen LogP contribution in [-0.4, -0.2) is 12.2 Å². The standard InChI is InChI=1S/C25H48O/c1-4-7-9-10-11-12-22-13-15-23(16-14-22)24-17-20-25(21-18-24,26-6-3)19-8-5-2/h22-24H,4-21H2,1-3H3. The Morgan fingerprint density at radius 3 is 1.92 bits per heavy atom. The van der Waals surface area contributed by atoms with Crippen LogP contribution in [0.25, 0.3) is 0 Å². The van der Waals surface area contributed by atoms with E-state index in [4.69, 9.17) is 4.74 Å². The lowest BCUT2D eigenvalue weighted by molar-refractivity contribution is -0.0853. The Hall–Kier alpha value is -0.0400. The van der Waals surface area contributed by atoms with E-state index in [9.17, 15) is 0 Å². The molecule has 2 rings (SSSR count). The van der Waals surface area contributed by atoms with Crippen LogP contribution in [0.3, 0.4) is 0 Å². The zero-order valence-electron chi connectivity index (χ0n) is 18.4. The summed E-state index contributed by atoms with van der Waals surface area (Å²) >= 11 is 0. The average molecular weight is 365 g/mol. The SMILES string of the molecule is CCCCCCCC1CCC(C2CCC(CCCC)(OCC)CC2)CC1. The van der Waals surface area contributed by atoms with Gasteiger partial charge in [0.15, 0.2) is 0 Å². The van der Waals surface area contributed by atoms with Crippen LogP contribution in [0.5, 0.6) is 0 Å². The molecule has 0 radical (unpaired) electrons. The molecule has 0 unspecified atom stereocenters. The minimum absolute atomic E-state index is 0.247. The van der Waals surface area contributed by atoms with Crippen LogP contribution < -0.4 is 0 Å². The predicted octanol–water partition coefficient (Wildman–Crippen LogP) is 8.31. The maximum atomic E-state index is 6.30. The zero-order chi connectivity index (χ0) is 18.7. The van der Waals surface area contributed by atoms with Crippen LogP contribution in [0, 0.1) is 17.8 Å². The van der Waals surface area contributed by atoms with E-state index in [0.717, 1.165) is 24.4 Å². The monoisotopic (exact) mass is 364 g/mol. The van der Waals surface area contributed by atoms with Gasteiger partial charge in [0.1, 0.15) is 0 Å². The lowest BCUT2D eigenvalue weighted by atomic mass is 9.67. The van der Waals surface area contributed by atoms with Crippen molar-refractivity contribution in [3.8, 4) is 0 Å². The molecule has 1 heteroatoms. The Bertz CT molecular complexity index is 334. The van der Waals surface area contributed by atoms with E-state index in [1.54, 1.807) is 0 Å². The molecule has 154 valence electrons. The molecule has 2 fully saturated rings. The lowest BCUT2D eigenvalue weighted by Crippen LogP contribution is -2.39. The van der Waals surface area contributed by atoms with E-state index < -0.39 is 0 Å². The van der Waals surface area contributed by atoms with E-state index in [-0.39, 0.29) is 5.60 Å². The van der Waals surface area contributed by atoms with Gasteiger partial charge in [-0.05, 0) is 69.6 Å². The molecule has 1 nitrogen and oxygen atoms in total. The van der Waals surface area contributed by atoms with Crippen molar-refractivity contribution in [3.63, 3.8) is 0 Å². The van der Waals surface area contributed by atoms with Crippen molar-refractivity contribution < 1.29 is 4.74 Å². The Kier molecular flexibility index (Phi) is 10.6. The zero-order valence-corrected chi connectivity index (χ0v) is 18.4. The highest BCUT2D eigenvalue weighted by atomic mass is 16.5. The van der Waals surface area contributed by atoms with Crippen LogP contribution in [0.1, 0.15) is 130 Å². The van der Waals surface area contributed by atoms with Crippen molar-refractivity contribution in [2.75, 3.05) is 6.61 Å². The van der Waals surface area contributed by atoms with Gasteiger partial charge in [0.05, 0.1) is 5.60 Å². The molecular weight excluding hydrogens is 316 g/mol. The molecule has 2 aliphatic carbocycles. The highest BCUT2D eigenvalue weighted by molar-refractivity contribution is 4.90. The highest BCUT2D eigenvalue weighted by Crippen LogP contribution is 2.45. The summed E-state index contributed by atoms with van der Waals surface area (Å²) < 4.78 is 6.30. The summed E-state index contributed by atoms with van der Waals surface area (Å²) in [5.41, 5.74) is 0.247. The van der Waals surface area contributed by atoms with Crippen molar-refractivity contribution in [2.24, 2.45) is 17.8 Å². The van der Waals surface area contributed by atoms with E-state index >= 15 is 0 Å². The fourth-order valence-electron chi connectivity index (χ4n) is 5.89. The molecule has 0 amide bonds. The van der Waals surface area contributed by atoms with Gasteiger partial charge in [0.2, 0.25) is 0 Å². The first-order chi connectivity index (χ1) is 12.7. The fourth-order valence-corrected chi connectivity index (χ4v) is 5.89. The number of rotatable bonds is 12. The molecule has 0 aromatic rings. The van der Waals surface area contributed by atoms with E-state index in [1.165, 1.54) is 109 Å². The predicted molar refractivity (Wildman–Crippen MR) is 115 cm³/mol. The van der Waals surface area contributed by atoms with Gasteiger partial charge in [0.25, 0.3) is 0 Å². The summed E-state index contributed by atoms with van der Waals surface area (Å²) in [5.74, 6) is 3.11. The van der Waals surface area contributed by atoms with Crippen LogP contribution in [-0.2, 0) is 4.74 Å². The van der Waals surface area contributed by atoms with E-state index in [2.05, 4.69) is 20.8 Å². The number of hydrogen-bond donors (Lipinski definition) is 0. The Morgan fingerprint density at radius 2 is 1.31 bits per heavy atom. The molecule has 0 aromatic carbocycles. The summed E-state index contributed by atoms with van der Waals surface area (Å²) in [5, 5.41) is 0. The Labute approximate surface area is 165 Å². The first-order valence-electron chi connectivity index (χ1n) is 12.4. The molecule has 0 aromatic heterocycles. The van der Waals surface area contributed by atoms with Gasteiger partial charge in [-0.1, -0.05) is 78.1 Å². The smallest absolute Gasteiger partial charge is 0.0682 e. The second kappa shape index (κ2) is 12.4. The number of ether oxygens (including phenoxy) is 1. The molecule has 0 atom stereocenters.